The highest BCUT2D eigenvalue weighted by Crippen LogP contribution is 2.20. The number of hydrogen-bond acceptors (Lipinski definition) is 3. The molecule has 0 atom stereocenters. The third-order valence-electron chi connectivity index (χ3n) is 3.99. The van der Waals surface area contributed by atoms with Crippen LogP contribution in [0, 0.1) is 11.6 Å². The predicted molar refractivity (Wildman–Crippen MR) is 96.7 cm³/mol. The number of amides is 2. The molecular formula is C19H18F2N4O2. The standard InChI is InChI=1S/C19H18F2N4O2/c1-2-3-10-22-19(27)16-17(23-14-9-4-5-11-25(14)16)24-18(26)12-7-6-8-13(20)15(12)21/h4-9,11H,2-3,10H2,1H3,(H,22,27)(H,24,26). The van der Waals surface area contributed by atoms with Gasteiger partial charge in [0.25, 0.3) is 11.8 Å². The van der Waals surface area contributed by atoms with E-state index in [0.717, 1.165) is 25.0 Å². The van der Waals surface area contributed by atoms with E-state index in [1.807, 2.05) is 6.92 Å². The number of carbonyl (C=O) groups excluding carboxylic acids is 2. The molecule has 0 saturated heterocycles. The van der Waals surface area contributed by atoms with Crippen LogP contribution in [0.15, 0.2) is 42.6 Å². The summed E-state index contributed by atoms with van der Waals surface area (Å²) < 4.78 is 28.8. The van der Waals surface area contributed by atoms with Crippen molar-refractivity contribution >= 4 is 23.3 Å². The lowest BCUT2D eigenvalue weighted by Gasteiger charge is -2.08. The first kappa shape index (κ1) is 18.5. The average molecular weight is 372 g/mol. The molecule has 8 heteroatoms. The summed E-state index contributed by atoms with van der Waals surface area (Å²) in [7, 11) is 0. The Morgan fingerprint density at radius 1 is 1.11 bits per heavy atom. The number of aromatic nitrogens is 2. The van der Waals surface area contributed by atoms with E-state index < -0.39 is 29.0 Å². The van der Waals surface area contributed by atoms with Gasteiger partial charge in [-0.25, -0.2) is 13.8 Å². The number of unbranched alkanes of at least 4 members (excludes halogenated alkanes) is 1. The SMILES string of the molecule is CCCCNC(=O)c1c(NC(=O)c2cccc(F)c2F)nc2ccccn12. The highest BCUT2D eigenvalue weighted by atomic mass is 19.2. The molecule has 6 nitrogen and oxygen atoms in total. The van der Waals surface area contributed by atoms with Crippen LogP contribution >= 0.6 is 0 Å². The van der Waals surface area contributed by atoms with Crippen molar-refractivity contribution in [3.63, 3.8) is 0 Å². The summed E-state index contributed by atoms with van der Waals surface area (Å²) in [5, 5.41) is 5.18. The van der Waals surface area contributed by atoms with Crippen molar-refractivity contribution in [2.45, 2.75) is 19.8 Å². The summed E-state index contributed by atoms with van der Waals surface area (Å²) >= 11 is 0. The van der Waals surface area contributed by atoms with E-state index in [-0.39, 0.29) is 11.5 Å². The Bertz CT molecular complexity index is 1000. The van der Waals surface area contributed by atoms with Crippen molar-refractivity contribution in [1.29, 1.82) is 0 Å². The van der Waals surface area contributed by atoms with Gasteiger partial charge in [0.05, 0.1) is 5.56 Å². The molecule has 2 amide bonds. The summed E-state index contributed by atoms with van der Waals surface area (Å²) in [5.41, 5.74) is 0.0874. The number of rotatable bonds is 6. The normalized spacial score (nSPS) is 10.8. The number of nitrogens with one attached hydrogen (secondary N) is 2. The van der Waals surface area contributed by atoms with E-state index in [9.17, 15) is 18.4 Å². The van der Waals surface area contributed by atoms with Crippen LogP contribution in [0.4, 0.5) is 14.6 Å². The fourth-order valence-corrected chi connectivity index (χ4v) is 2.62. The van der Waals surface area contributed by atoms with Crippen LogP contribution in [0.1, 0.15) is 40.6 Å². The van der Waals surface area contributed by atoms with Crippen molar-refractivity contribution in [1.82, 2.24) is 14.7 Å². The van der Waals surface area contributed by atoms with E-state index in [4.69, 9.17) is 0 Å². The zero-order chi connectivity index (χ0) is 19.4. The second-order valence-corrected chi connectivity index (χ2v) is 5.90. The zero-order valence-electron chi connectivity index (χ0n) is 14.6. The van der Waals surface area contributed by atoms with Crippen molar-refractivity contribution in [2.75, 3.05) is 11.9 Å². The smallest absolute Gasteiger partial charge is 0.272 e. The van der Waals surface area contributed by atoms with E-state index in [0.29, 0.717) is 12.2 Å². The van der Waals surface area contributed by atoms with Crippen molar-refractivity contribution in [3.05, 3.63) is 65.5 Å². The molecule has 3 rings (SSSR count). The fourth-order valence-electron chi connectivity index (χ4n) is 2.62. The number of hydrogen-bond donors (Lipinski definition) is 2. The topological polar surface area (TPSA) is 75.5 Å². The molecule has 0 aliphatic heterocycles. The maximum absolute atomic E-state index is 13.9. The second kappa shape index (κ2) is 7.94. The minimum atomic E-state index is -1.26. The van der Waals surface area contributed by atoms with Gasteiger partial charge in [0, 0.05) is 12.7 Å². The van der Waals surface area contributed by atoms with Crippen molar-refractivity contribution in [3.8, 4) is 0 Å². The van der Waals surface area contributed by atoms with Crippen LogP contribution < -0.4 is 10.6 Å². The molecule has 0 unspecified atom stereocenters. The summed E-state index contributed by atoms with van der Waals surface area (Å²) in [6, 6.07) is 8.43. The number of imidazole rings is 1. The van der Waals surface area contributed by atoms with E-state index in [1.165, 1.54) is 10.5 Å². The number of benzene rings is 1. The van der Waals surface area contributed by atoms with E-state index in [1.54, 1.807) is 24.4 Å². The first-order valence-electron chi connectivity index (χ1n) is 8.53. The number of pyridine rings is 1. The molecule has 0 aliphatic rings. The van der Waals surface area contributed by atoms with E-state index >= 15 is 0 Å². The molecule has 2 heterocycles. The van der Waals surface area contributed by atoms with Crippen LogP contribution in [0.3, 0.4) is 0 Å². The van der Waals surface area contributed by atoms with Gasteiger partial charge in [-0.2, -0.15) is 0 Å². The highest BCUT2D eigenvalue weighted by molar-refractivity contribution is 6.08. The van der Waals surface area contributed by atoms with Crippen LogP contribution in [-0.4, -0.2) is 27.7 Å². The molecule has 0 fully saturated rings. The Labute approximate surface area is 154 Å². The Morgan fingerprint density at radius 2 is 1.93 bits per heavy atom. The molecule has 0 radical (unpaired) electrons. The lowest BCUT2D eigenvalue weighted by molar-refractivity contribution is 0.0948. The fraction of sp³-hybridized carbons (Fsp3) is 0.211. The second-order valence-electron chi connectivity index (χ2n) is 5.90. The Kier molecular flexibility index (Phi) is 5.44. The summed E-state index contributed by atoms with van der Waals surface area (Å²) in [6.07, 6.45) is 3.35. The molecule has 2 N–H and O–H groups in total. The molecule has 140 valence electrons. The maximum Gasteiger partial charge on any atom is 0.272 e. The predicted octanol–water partition coefficient (Wildman–Crippen LogP) is 3.39. The largest absolute Gasteiger partial charge is 0.351 e. The maximum atomic E-state index is 13.9. The summed E-state index contributed by atoms with van der Waals surface area (Å²) in [6.45, 7) is 2.47. The van der Waals surface area contributed by atoms with Gasteiger partial charge >= 0.3 is 0 Å². The van der Waals surface area contributed by atoms with Gasteiger partial charge < -0.3 is 10.6 Å². The summed E-state index contributed by atoms with van der Waals surface area (Å²) in [4.78, 5) is 29.2. The Hall–Kier alpha value is -3.29. The molecule has 0 bridgehead atoms. The molecule has 0 spiro atoms. The van der Waals surface area contributed by atoms with Gasteiger partial charge in [0.15, 0.2) is 23.1 Å². The summed E-state index contributed by atoms with van der Waals surface area (Å²) in [5.74, 6) is -3.72. The number of halogens is 2. The van der Waals surface area contributed by atoms with Gasteiger partial charge in [-0.1, -0.05) is 25.5 Å². The number of carbonyl (C=O) groups is 2. The van der Waals surface area contributed by atoms with Gasteiger partial charge in [-0.15, -0.1) is 0 Å². The molecule has 3 aromatic rings. The Balaban J connectivity index is 1.96. The minimum absolute atomic E-state index is 0.0242. The van der Waals surface area contributed by atoms with E-state index in [2.05, 4.69) is 15.6 Å². The van der Waals surface area contributed by atoms with Gasteiger partial charge in [-0.05, 0) is 30.7 Å². The number of anilines is 1. The first-order chi connectivity index (χ1) is 13.0. The average Bonchev–Trinajstić information content (AvgIpc) is 3.01. The van der Waals surface area contributed by atoms with Crippen LogP contribution in [0.25, 0.3) is 5.65 Å². The van der Waals surface area contributed by atoms with Crippen LogP contribution in [-0.2, 0) is 0 Å². The van der Waals surface area contributed by atoms with Crippen LogP contribution in [0.2, 0.25) is 0 Å². The van der Waals surface area contributed by atoms with Crippen molar-refractivity contribution < 1.29 is 18.4 Å². The van der Waals surface area contributed by atoms with Gasteiger partial charge in [0.1, 0.15) is 5.65 Å². The van der Waals surface area contributed by atoms with Crippen LogP contribution in [0.5, 0.6) is 0 Å². The first-order valence-corrected chi connectivity index (χ1v) is 8.53. The molecule has 27 heavy (non-hydrogen) atoms. The number of nitrogens with zero attached hydrogens (tertiary/aromatic N) is 2. The highest BCUT2D eigenvalue weighted by Gasteiger charge is 2.23. The quantitative estimate of drug-likeness (QED) is 0.651. The van der Waals surface area contributed by atoms with Gasteiger partial charge in [-0.3, -0.25) is 14.0 Å². The third-order valence-corrected chi connectivity index (χ3v) is 3.99. The zero-order valence-corrected chi connectivity index (χ0v) is 14.6. The molecular weight excluding hydrogens is 354 g/mol. The Morgan fingerprint density at radius 3 is 2.70 bits per heavy atom. The lowest BCUT2D eigenvalue weighted by Crippen LogP contribution is -2.27. The third kappa shape index (κ3) is 3.79. The minimum Gasteiger partial charge on any atom is -0.351 e. The lowest BCUT2D eigenvalue weighted by atomic mass is 10.2. The van der Waals surface area contributed by atoms with Crippen molar-refractivity contribution in [2.24, 2.45) is 0 Å². The number of fused-ring (bicyclic) bond motifs is 1. The molecule has 0 aliphatic carbocycles. The molecule has 0 saturated carbocycles. The van der Waals surface area contributed by atoms with Gasteiger partial charge in [0.2, 0.25) is 0 Å². The molecule has 1 aromatic carbocycles. The molecule has 2 aromatic heterocycles. The monoisotopic (exact) mass is 372 g/mol.